The largest absolute Gasteiger partial charge is 0.482 e. The molecule has 0 radical (unpaired) electrons. The lowest BCUT2D eigenvalue weighted by molar-refractivity contribution is -0.118. The van der Waals surface area contributed by atoms with Gasteiger partial charge in [0.15, 0.2) is 6.61 Å². The lowest BCUT2D eigenvalue weighted by Crippen LogP contribution is -2.29. The number of ether oxygens (including phenoxy) is 1. The molecule has 1 amide bonds. The summed E-state index contributed by atoms with van der Waals surface area (Å²) in [7, 11) is -3.78. The van der Waals surface area contributed by atoms with E-state index in [0.717, 1.165) is 12.8 Å². The normalized spacial score (nSPS) is 14.8. The fourth-order valence-corrected chi connectivity index (χ4v) is 5.03. The second-order valence-corrected chi connectivity index (χ2v) is 9.42. The molecule has 0 aromatic heterocycles. The van der Waals surface area contributed by atoms with Gasteiger partial charge in [0.05, 0.1) is 5.69 Å². The van der Waals surface area contributed by atoms with Crippen LogP contribution < -0.4 is 10.1 Å². The van der Waals surface area contributed by atoms with Gasteiger partial charge in [0.25, 0.3) is 5.91 Å². The van der Waals surface area contributed by atoms with Gasteiger partial charge in [0.2, 0.25) is 10.0 Å². The monoisotopic (exact) mass is 490 g/mol. The van der Waals surface area contributed by atoms with Gasteiger partial charge < -0.3 is 10.1 Å². The molecule has 0 unspecified atom stereocenters. The number of nitrogens with one attached hydrogen (secondary N) is 1. The van der Waals surface area contributed by atoms with Gasteiger partial charge in [-0.25, -0.2) is 12.8 Å². The third-order valence-electron chi connectivity index (χ3n) is 4.15. The van der Waals surface area contributed by atoms with Crippen molar-refractivity contribution in [1.82, 2.24) is 4.31 Å². The maximum absolute atomic E-state index is 13.8. The third kappa shape index (κ3) is 4.83. The molecule has 3 rings (SSSR count). The van der Waals surface area contributed by atoms with Crippen LogP contribution in [0, 0.1) is 5.82 Å². The summed E-state index contributed by atoms with van der Waals surface area (Å²) in [4.78, 5) is 12.0. The van der Waals surface area contributed by atoms with Crippen molar-refractivity contribution in [3.05, 3.63) is 51.7 Å². The van der Waals surface area contributed by atoms with Crippen molar-refractivity contribution in [2.45, 2.75) is 17.7 Å². The summed E-state index contributed by atoms with van der Waals surface area (Å²) in [6, 6.07) is 8.39. The maximum Gasteiger partial charge on any atom is 0.262 e. The molecule has 0 aliphatic carbocycles. The Morgan fingerprint density at radius 3 is 2.61 bits per heavy atom. The first kappa shape index (κ1) is 21.0. The number of amides is 1. The Morgan fingerprint density at radius 2 is 1.93 bits per heavy atom. The van der Waals surface area contributed by atoms with Crippen molar-refractivity contribution < 1.29 is 22.3 Å². The minimum absolute atomic E-state index is 0.00202. The highest BCUT2D eigenvalue weighted by Gasteiger charge is 2.30. The third-order valence-corrected chi connectivity index (χ3v) is 6.80. The molecule has 1 aliphatic rings. The second kappa shape index (κ2) is 8.77. The molecule has 1 N–H and O–H groups in total. The first-order valence-electron chi connectivity index (χ1n) is 8.45. The van der Waals surface area contributed by atoms with E-state index >= 15 is 0 Å². The summed E-state index contributed by atoms with van der Waals surface area (Å²) >= 11 is 9.10. The SMILES string of the molecule is O=C(COc1ccc(Cl)cc1S(=O)(=O)N1CCCC1)Nc1ccc(Br)cc1F. The van der Waals surface area contributed by atoms with Gasteiger partial charge in [-0.3, -0.25) is 4.79 Å². The van der Waals surface area contributed by atoms with Gasteiger partial charge >= 0.3 is 0 Å². The molecular weight excluding hydrogens is 475 g/mol. The fraction of sp³-hybridized carbons (Fsp3) is 0.278. The van der Waals surface area contributed by atoms with Crippen molar-refractivity contribution in [3.63, 3.8) is 0 Å². The number of rotatable bonds is 6. The summed E-state index contributed by atoms with van der Waals surface area (Å²) in [6.45, 7) is 0.370. The lowest BCUT2D eigenvalue weighted by Gasteiger charge is -2.18. The summed E-state index contributed by atoms with van der Waals surface area (Å²) in [5.74, 6) is -1.21. The van der Waals surface area contributed by atoms with E-state index in [1.54, 1.807) is 6.07 Å². The van der Waals surface area contributed by atoms with Crippen molar-refractivity contribution in [2.75, 3.05) is 25.0 Å². The Labute approximate surface area is 175 Å². The average Bonchev–Trinajstić information content (AvgIpc) is 3.18. The van der Waals surface area contributed by atoms with E-state index < -0.39 is 28.4 Å². The summed E-state index contributed by atoms with van der Waals surface area (Å²) in [5, 5.41) is 2.63. The Hall–Kier alpha value is -1.68. The number of sulfonamides is 1. The van der Waals surface area contributed by atoms with Crippen LogP contribution in [-0.4, -0.2) is 38.3 Å². The van der Waals surface area contributed by atoms with E-state index in [2.05, 4.69) is 21.2 Å². The molecule has 1 fully saturated rings. The first-order valence-corrected chi connectivity index (χ1v) is 11.1. The predicted molar refractivity (Wildman–Crippen MR) is 108 cm³/mol. The molecule has 10 heteroatoms. The van der Waals surface area contributed by atoms with Crippen LogP contribution >= 0.6 is 27.5 Å². The standard InChI is InChI=1S/C18H17BrClFN2O4S/c19-12-3-5-15(14(21)9-12)22-18(24)11-27-16-6-4-13(20)10-17(16)28(25,26)23-7-1-2-8-23/h3-6,9-10H,1-2,7-8,11H2,(H,22,24). The van der Waals surface area contributed by atoms with E-state index in [0.29, 0.717) is 17.6 Å². The Bertz CT molecular complexity index is 997. The van der Waals surface area contributed by atoms with Gasteiger partial charge in [-0.15, -0.1) is 0 Å². The lowest BCUT2D eigenvalue weighted by atomic mass is 10.3. The quantitative estimate of drug-likeness (QED) is 0.662. The molecule has 0 saturated carbocycles. The average molecular weight is 492 g/mol. The summed E-state index contributed by atoms with van der Waals surface area (Å²) < 4.78 is 46.9. The van der Waals surface area contributed by atoms with Crippen LogP contribution in [0.5, 0.6) is 5.75 Å². The number of halogens is 3. The number of hydrogen-bond acceptors (Lipinski definition) is 4. The van der Waals surface area contributed by atoms with Gasteiger partial charge in [-0.2, -0.15) is 4.31 Å². The molecule has 1 aliphatic heterocycles. The highest BCUT2D eigenvalue weighted by Crippen LogP contribution is 2.31. The molecular formula is C18H17BrClFN2O4S. The first-order chi connectivity index (χ1) is 13.3. The number of carbonyl (C=O) groups is 1. The zero-order chi connectivity index (χ0) is 20.3. The number of anilines is 1. The van der Waals surface area contributed by atoms with E-state index in [9.17, 15) is 17.6 Å². The molecule has 2 aromatic carbocycles. The topological polar surface area (TPSA) is 75.7 Å². The van der Waals surface area contributed by atoms with Gasteiger partial charge in [0.1, 0.15) is 16.5 Å². The van der Waals surface area contributed by atoms with E-state index in [4.69, 9.17) is 16.3 Å². The van der Waals surface area contributed by atoms with Crippen LogP contribution in [0.15, 0.2) is 45.8 Å². The van der Waals surface area contributed by atoms with Crippen LogP contribution in [0.2, 0.25) is 5.02 Å². The van der Waals surface area contributed by atoms with Crippen molar-refractivity contribution in [3.8, 4) is 5.75 Å². The Morgan fingerprint density at radius 1 is 1.21 bits per heavy atom. The molecule has 0 spiro atoms. The van der Waals surface area contributed by atoms with E-state index in [-0.39, 0.29) is 21.4 Å². The Kier molecular flexibility index (Phi) is 6.59. The molecule has 2 aromatic rings. The van der Waals surface area contributed by atoms with Gasteiger partial charge in [0, 0.05) is 22.6 Å². The molecule has 0 bridgehead atoms. The number of hydrogen-bond donors (Lipinski definition) is 1. The smallest absolute Gasteiger partial charge is 0.262 e. The fourth-order valence-electron chi connectivity index (χ4n) is 2.79. The van der Waals surface area contributed by atoms with Crippen LogP contribution in [0.3, 0.4) is 0 Å². The van der Waals surface area contributed by atoms with E-state index in [1.165, 1.54) is 34.6 Å². The number of carbonyl (C=O) groups excluding carboxylic acids is 1. The van der Waals surface area contributed by atoms with Gasteiger partial charge in [-0.05, 0) is 49.2 Å². The zero-order valence-corrected chi connectivity index (χ0v) is 17.8. The van der Waals surface area contributed by atoms with Crippen LogP contribution in [0.4, 0.5) is 10.1 Å². The minimum atomic E-state index is -3.78. The zero-order valence-electron chi connectivity index (χ0n) is 14.6. The van der Waals surface area contributed by atoms with Crippen molar-refractivity contribution in [1.29, 1.82) is 0 Å². The molecule has 150 valence electrons. The van der Waals surface area contributed by atoms with Crippen molar-refractivity contribution in [2.24, 2.45) is 0 Å². The molecule has 28 heavy (non-hydrogen) atoms. The van der Waals surface area contributed by atoms with Crippen molar-refractivity contribution >= 4 is 49.1 Å². The highest BCUT2D eigenvalue weighted by atomic mass is 79.9. The number of nitrogens with zero attached hydrogens (tertiary/aromatic N) is 1. The second-order valence-electron chi connectivity index (χ2n) is 6.16. The molecule has 6 nitrogen and oxygen atoms in total. The van der Waals surface area contributed by atoms with Crippen LogP contribution in [0.25, 0.3) is 0 Å². The molecule has 1 saturated heterocycles. The minimum Gasteiger partial charge on any atom is -0.482 e. The van der Waals surface area contributed by atoms with E-state index in [1.807, 2.05) is 0 Å². The van der Waals surface area contributed by atoms with Crippen LogP contribution in [-0.2, 0) is 14.8 Å². The van der Waals surface area contributed by atoms with Gasteiger partial charge in [-0.1, -0.05) is 27.5 Å². The number of benzene rings is 2. The predicted octanol–water partition coefficient (Wildman–Crippen LogP) is 4.04. The highest BCUT2D eigenvalue weighted by molar-refractivity contribution is 9.10. The maximum atomic E-state index is 13.8. The van der Waals surface area contributed by atoms with Crippen LogP contribution in [0.1, 0.15) is 12.8 Å². The summed E-state index contributed by atoms with van der Waals surface area (Å²) in [6.07, 6.45) is 1.58. The molecule has 0 atom stereocenters. The Balaban J connectivity index is 1.74. The molecule has 1 heterocycles. The summed E-state index contributed by atoms with van der Waals surface area (Å²) in [5.41, 5.74) is -0.00202.